The Morgan fingerprint density at radius 2 is 2.06 bits per heavy atom. The largest absolute Gasteiger partial charge is 0.306 e. The first-order valence-corrected chi connectivity index (χ1v) is 7.52. The third-order valence-corrected chi connectivity index (χ3v) is 4.75. The molecule has 0 saturated heterocycles. The summed E-state index contributed by atoms with van der Waals surface area (Å²) < 4.78 is 2.04. The first kappa shape index (κ1) is 13.9. The molecular weight excluding hydrogens is 246 g/mol. The van der Waals surface area contributed by atoms with Crippen molar-refractivity contribution >= 4 is 11.6 Å². The summed E-state index contributed by atoms with van der Waals surface area (Å²) in [6, 6.07) is 0. The van der Waals surface area contributed by atoms with Gasteiger partial charge < -0.3 is 5.32 Å². The number of nitrogens with one attached hydrogen (secondary N) is 1. The molecule has 18 heavy (non-hydrogen) atoms. The van der Waals surface area contributed by atoms with Crippen LogP contribution in [0.4, 0.5) is 0 Å². The SMILES string of the molecule is CCc1nn(CC)c(CNC2(CC)CCC2)c1Cl. The van der Waals surface area contributed by atoms with E-state index in [2.05, 4.69) is 31.2 Å². The van der Waals surface area contributed by atoms with Crippen molar-refractivity contribution in [3.05, 3.63) is 16.4 Å². The molecule has 1 aromatic heterocycles. The van der Waals surface area contributed by atoms with Crippen molar-refractivity contribution in [2.45, 2.75) is 71.5 Å². The maximum absolute atomic E-state index is 6.42. The van der Waals surface area contributed by atoms with Gasteiger partial charge in [0.05, 0.1) is 16.4 Å². The molecule has 0 bridgehead atoms. The minimum atomic E-state index is 0.360. The third-order valence-electron chi connectivity index (χ3n) is 4.31. The number of hydrogen-bond acceptors (Lipinski definition) is 2. The molecule has 0 aliphatic heterocycles. The predicted octanol–water partition coefficient (Wildman–Crippen LogP) is 3.54. The highest BCUT2D eigenvalue weighted by Gasteiger charge is 2.34. The summed E-state index contributed by atoms with van der Waals surface area (Å²) in [6.45, 7) is 8.21. The molecular formula is C14H24ClN3. The lowest BCUT2D eigenvalue weighted by atomic mass is 9.75. The molecule has 1 aliphatic rings. The summed E-state index contributed by atoms with van der Waals surface area (Å²) in [5.41, 5.74) is 2.53. The summed E-state index contributed by atoms with van der Waals surface area (Å²) in [7, 11) is 0. The standard InChI is InChI=1S/C14H24ClN3/c1-4-11-13(15)12(18(6-3)17-11)10-16-14(5-2)8-7-9-14/h16H,4-10H2,1-3H3. The van der Waals surface area contributed by atoms with E-state index in [1.807, 2.05) is 4.68 Å². The van der Waals surface area contributed by atoms with Gasteiger partial charge in [-0.25, -0.2) is 0 Å². The number of rotatable bonds is 6. The molecule has 1 aromatic rings. The van der Waals surface area contributed by atoms with Gasteiger partial charge in [0.15, 0.2) is 0 Å². The monoisotopic (exact) mass is 269 g/mol. The zero-order valence-electron chi connectivity index (χ0n) is 11.7. The van der Waals surface area contributed by atoms with Crippen molar-refractivity contribution in [2.24, 2.45) is 0 Å². The molecule has 102 valence electrons. The van der Waals surface area contributed by atoms with E-state index < -0.39 is 0 Å². The highest BCUT2D eigenvalue weighted by atomic mass is 35.5. The van der Waals surface area contributed by atoms with Gasteiger partial charge in [0.1, 0.15) is 0 Å². The zero-order chi connectivity index (χ0) is 13.2. The summed E-state index contributed by atoms with van der Waals surface area (Å²) in [6.07, 6.45) is 6.04. The van der Waals surface area contributed by atoms with Gasteiger partial charge in [-0.2, -0.15) is 5.10 Å². The predicted molar refractivity (Wildman–Crippen MR) is 76.0 cm³/mol. The lowest BCUT2D eigenvalue weighted by Gasteiger charge is -2.42. The summed E-state index contributed by atoms with van der Waals surface area (Å²) in [5.74, 6) is 0. The van der Waals surface area contributed by atoms with Gasteiger partial charge in [-0.3, -0.25) is 4.68 Å². The first-order chi connectivity index (χ1) is 8.65. The normalized spacial score (nSPS) is 17.8. The quantitative estimate of drug-likeness (QED) is 0.856. The Balaban J connectivity index is 2.10. The number of hydrogen-bond donors (Lipinski definition) is 1. The third kappa shape index (κ3) is 2.43. The number of aromatic nitrogens is 2. The van der Waals surface area contributed by atoms with Crippen LogP contribution < -0.4 is 5.32 Å². The Morgan fingerprint density at radius 3 is 2.50 bits per heavy atom. The Bertz CT molecular complexity index is 402. The van der Waals surface area contributed by atoms with Crippen LogP contribution in [0.25, 0.3) is 0 Å². The minimum Gasteiger partial charge on any atom is -0.306 e. The van der Waals surface area contributed by atoms with Gasteiger partial charge in [0.25, 0.3) is 0 Å². The van der Waals surface area contributed by atoms with E-state index >= 15 is 0 Å². The number of nitrogens with zero attached hydrogens (tertiary/aromatic N) is 2. The van der Waals surface area contributed by atoms with E-state index in [0.29, 0.717) is 5.54 Å². The van der Waals surface area contributed by atoms with Crippen molar-refractivity contribution in [1.82, 2.24) is 15.1 Å². The van der Waals surface area contributed by atoms with Gasteiger partial charge in [-0.05, 0) is 39.0 Å². The first-order valence-electron chi connectivity index (χ1n) is 7.15. The van der Waals surface area contributed by atoms with Gasteiger partial charge in [-0.1, -0.05) is 25.4 Å². The zero-order valence-corrected chi connectivity index (χ0v) is 12.5. The molecule has 1 aliphatic carbocycles. The fraction of sp³-hybridized carbons (Fsp3) is 0.786. The van der Waals surface area contributed by atoms with Crippen LogP contribution in [0.3, 0.4) is 0 Å². The lowest BCUT2D eigenvalue weighted by Crippen LogP contribution is -2.50. The van der Waals surface area contributed by atoms with Gasteiger partial charge in [0.2, 0.25) is 0 Å². The maximum atomic E-state index is 6.42. The van der Waals surface area contributed by atoms with E-state index in [4.69, 9.17) is 11.6 Å². The molecule has 3 nitrogen and oxygen atoms in total. The van der Waals surface area contributed by atoms with Crippen molar-refractivity contribution in [1.29, 1.82) is 0 Å². The molecule has 1 fully saturated rings. The van der Waals surface area contributed by atoms with Crippen LogP contribution >= 0.6 is 11.6 Å². The molecule has 4 heteroatoms. The molecule has 1 saturated carbocycles. The summed E-state index contributed by atoms with van der Waals surface area (Å²) in [5, 5.41) is 9.13. The molecule has 0 amide bonds. The summed E-state index contributed by atoms with van der Waals surface area (Å²) >= 11 is 6.42. The fourth-order valence-electron chi connectivity index (χ4n) is 2.72. The van der Waals surface area contributed by atoms with E-state index in [1.54, 1.807) is 0 Å². The Labute approximate surface area is 115 Å². The van der Waals surface area contributed by atoms with Crippen molar-refractivity contribution in [2.75, 3.05) is 0 Å². The Morgan fingerprint density at radius 1 is 1.33 bits per heavy atom. The van der Waals surface area contributed by atoms with Gasteiger partial charge in [-0.15, -0.1) is 0 Å². The van der Waals surface area contributed by atoms with E-state index in [1.165, 1.54) is 25.7 Å². The van der Waals surface area contributed by atoms with E-state index in [-0.39, 0.29) is 0 Å². The van der Waals surface area contributed by atoms with Crippen LogP contribution in [0.2, 0.25) is 5.02 Å². The average molecular weight is 270 g/mol. The van der Waals surface area contributed by atoms with E-state index in [0.717, 1.165) is 35.9 Å². The van der Waals surface area contributed by atoms with Crippen LogP contribution in [0.5, 0.6) is 0 Å². The lowest BCUT2D eigenvalue weighted by molar-refractivity contribution is 0.174. The van der Waals surface area contributed by atoms with Crippen LogP contribution in [-0.2, 0) is 19.5 Å². The fourth-order valence-corrected chi connectivity index (χ4v) is 3.05. The van der Waals surface area contributed by atoms with Crippen LogP contribution in [0, 0.1) is 0 Å². The summed E-state index contributed by atoms with van der Waals surface area (Å²) in [4.78, 5) is 0. The van der Waals surface area contributed by atoms with E-state index in [9.17, 15) is 0 Å². The van der Waals surface area contributed by atoms with Crippen molar-refractivity contribution < 1.29 is 0 Å². The van der Waals surface area contributed by atoms with Crippen molar-refractivity contribution in [3.63, 3.8) is 0 Å². The topological polar surface area (TPSA) is 29.9 Å². The number of aryl methyl sites for hydroxylation is 2. The van der Waals surface area contributed by atoms with Gasteiger partial charge >= 0.3 is 0 Å². The second kappa shape index (κ2) is 5.62. The molecule has 1 heterocycles. The number of halogens is 1. The Kier molecular flexibility index (Phi) is 4.33. The maximum Gasteiger partial charge on any atom is 0.0863 e. The Hall–Kier alpha value is -0.540. The second-order valence-corrected chi connectivity index (χ2v) is 5.60. The average Bonchev–Trinajstić information content (AvgIpc) is 2.65. The highest BCUT2D eigenvalue weighted by molar-refractivity contribution is 6.31. The van der Waals surface area contributed by atoms with Gasteiger partial charge in [0, 0.05) is 18.6 Å². The highest BCUT2D eigenvalue weighted by Crippen LogP contribution is 2.35. The van der Waals surface area contributed by atoms with Crippen LogP contribution in [0.15, 0.2) is 0 Å². The molecule has 0 unspecified atom stereocenters. The second-order valence-electron chi connectivity index (χ2n) is 5.22. The minimum absolute atomic E-state index is 0.360. The smallest absolute Gasteiger partial charge is 0.0863 e. The molecule has 1 N–H and O–H groups in total. The molecule has 0 atom stereocenters. The van der Waals surface area contributed by atoms with Crippen LogP contribution in [-0.4, -0.2) is 15.3 Å². The van der Waals surface area contributed by atoms with Crippen LogP contribution in [0.1, 0.15) is 57.8 Å². The molecule has 0 radical (unpaired) electrons. The molecule has 0 aromatic carbocycles. The van der Waals surface area contributed by atoms with Crippen molar-refractivity contribution in [3.8, 4) is 0 Å². The molecule has 2 rings (SSSR count). The molecule has 0 spiro atoms.